The van der Waals surface area contributed by atoms with Crippen molar-refractivity contribution in [3.63, 3.8) is 0 Å². The lowest BCUT2D eigenvalue weighted by Crippen LogP contribution is -2.13. The molecule has 0 bridgehead atoms. The summed E-state index contributed by atoms with van der Waals surface area (Å²) in [7, 11) is 5.99. The zero-order valence-electron chi connectivity index (χ0n) is 19.1. The number of ether oxygens (including phenoxy) is 4. The summed E-state index contributed by atoms with van der Waals surface area (Å²) in [5.74, 6) is 1.65. The zero-order valence-corrected chi connectivity index (χ0v) is 19.1. The maximum atomic E-state index is 13.0. The van der Waals surface area contributed by atoms with Crippen LogP contribution in [0.15, 0.2) is 69.9 Å². The number of carbonyl (C=O) groups is 1. The largest absolute Gasteiger partial charge is 0.496 e. The zero-order chi connectivity index (χ0) is 24.2. The fraction of sp³-hybridized carbons (Fsp3) is 0.154. The highest BCUT2D eigenvalue weighted by Crippen LogP contribution is 2.38. The van der Waals surface area contributed by atoms with Gasteiger partial charge >= 0.3 is 0 Å². The lowest BCUT2D eigenvalue weighted by Gasteiger charge is -2.14. The lowest BCUT2D eigenvalue weighted by atomic mass is 10.1. The number of carbonyl (C=O) groups excluding carboxylic acids is 1. The van der Waals surface area contributed by atoms with Crippen molar-refractivity contribution >= 4 is 22.6 Å². The van der Waals surface area contributed by atoms with Crippen molar-refractivity contribution in [3.05, 3.63) is 76.5 Å². The molecule has 0 fully saturated rings. The summed E-state index contributed by atoms with van der Waals surface area (Å²) in [6, 6.07) is 16.6. The quantitative estimate of drug-likeness (QED) is 0.424. The molecule has 0 atom stereocenters. The monoisotopic (exact) mass is 461 g/mol. The van der Waals surface area contributed by atoms with E-state index in [0.717, 1.165) is 0 Å². The van der Waals surface area contributed by atoms with E-state index in [1.165, 1.54) is 27.4 Å². The minimum absolute atomic E-state index is 0.204. The second-order valence-electron chi connectivity index (χ2n) is 7.25. The number of nitrogens with one attached hydrogen (secondary N) is 1. The third kappa shape index (κ3) is 4.25. The van der Waals surface area contributed by atoms with E-state index in [2.05, 4.69) is 5.32 Å². The van der Waals surface area contributed by atoms with Gasteiger partial charge in [-0.15, -0.1) is 0 Å². The molecule has 3 aromatic carbocycles. The molecule has 4 rings (SSSR count). The van der Waals surface area contributed by atoms with Gasteiger partial charge in [-0.1, -0.05) is 12.1 Å². The standard InChI is InChI=1S/C26H23NO7/c1-30-20-8-6-5-7-18(20)22-14-19(28)17-10-9-16(13-21(17)34-22)27-26(29)15-11-23(31-2)25(33-4)24(12-15)32-3/h5-14H,1-4H3,(H,27,29). The van der Waals surface area contributed by atoms with Crippen LogP contribution in [-0.4, -0.2) is 34.3 Å². The van der Waals surface area contributed by atoms with E-state index in [9.17, 15) is 9.59 Å². The van der Waals surface area contributed by atoms with Gasteiger partial charge in [0.2, 0.25) is 5.75 Å². The summed E-state index contributed by atoms with van der Waals surface area (Å²) < 4.78 is 27.3. The topological polar surface area (TPSA) is 96.2 Å². The highest BCUT2D eigenvalue weighted by molar-refractivity contribution is 6.05. The Kier molecular flexibility index (Phi) is 6.40. The molecule has 4 aromatic rings. The second-order valence-corrected chi connectivity index (χ2v) is 7.25. The maximum Gasteiger partial charge on any atom is 0.255 e. The molecule has 1 aromatic heterocycles. The average molecular weight is 461 g/mol. The number of amides is 1. The maximum absolute atomic E-state index is 13.0. The summed E-state index contributed by atoms with van der Waals surface area (Å²) in [6.45, 7) is 0. The van der Waals surface area contributed by atoms with Crippen molar-refractivity contribution in [3.8, 4) is 34.3 Å². The van der Waals surface area contributed by atoms with Crippen LogP contribution in [0.2, 0.25) is 0 Å². The third-order valence-electron chi connectivity index (χ3n) is 5.29. The van der Waals surface area contributed by atoms with Gasteiger partial charge < -0.3 is 28.7 Å². The van der Waals surface area contributed by atoms with Crippen molar-refractivity contribution in [2.24, 2.45) is 0 Å². The summed E-state index contributed by atoms with van der Waals surface area (Å²) in [5, 5.41) is 3.21. The lowest BCUT2D eigenvalue weighted by molar-refractivity contribution is 0.102. The van der Waals surface area contributed by atoms with Crippen LogP contribution in [0.4, 0.5) is 5.69 Å². The third-order valence-corrected chi connectivity index (χ3v) is 5.29. The molecule has 1 N–H and O–H groups in total. The predicted octanol–water partition coefficient (Wildman–Crippen LogP) is 4.75. The molecule has 174 valence electrons. The first-order valence-electron chi connectivity index (χ1n) is 10.3. The van der Waals surface area contributed by atoms with Crippen LogP contribution >= 0.6 is 0 Å². The van der Waals surface area contributed by atoms with Crippen molar-refractivity contribution in [1.82, 2.24) is 0 Å². The number of methoxy groups -OCH3 is 4. The van der Waals surface area contributed by atoms with E-state index in [1.54, 1.807) is 49.6 Å². The van der Waals surface area contributed by atoms with Crippen LogP contribution in [0.3, 0.4) is 0 Å². The normalized spacial score (nSPS) is 10.6. The van der Waals surface area contributed by atoms with E-state index in [0.29, 0.717) is 56.5 Å². The molecule has 0 spiro atoms. The predicted molar refractivity (Wildman–Crippen MR) is 129 cm³/mol. The Morgan fingerprint density at radius 3 is 2.12 bits per heavy atom. The Morgan fingerprint density at radius 2 is 1.47 bits per heavy atom. The van der Waals surface area contributed by atoms with E-state index in [-0.39, 0.29) is 5.43 Å². The van der Waals surface area contributed by atoms with Gasteiger partial charge in [0.15, 0.2) is 16.9 Å². The minimum Gasteiger partial charge on any atom is -0.496 e. The Bertz CT molecular complexity index is 1400. The highest BCUT2D eigenvalue weighted by atomic mass is 16.5. The molecule has 8 heteroatoms. The molecular formula is C26H23NO7. The van der Waals surface area contributed by atoms with Crippen LogP contribution in [-0.2, 0) is 0 Å². The number of rotatable bonds is 7. The molecule has 1 amide bonds. The van der Waals surface area contributed by atoms with E-state index in [1.807, 2.05) is 12.1 Å². The van der Waals surface area contributed by atoms with Crippen molar-refractivity contribution in [2.75, 3.05) is 33.8 Å². The summed E-state index contributed by atoms with van der Waals surface area (Å²) in [6.07, 6.45) is 0. The van der Waals surface area contributed by atoms with Gasteiger partial charge in [-0.05, 0) is 36.4 Å². The number of hydrogen-bond acceptors (Lipinski definition) is 7. The van der Waals surface area contributed by atoms with Crippen LogP contribution in [0.5, 0.6) is 23.0 Å². The number of para-hydroxylation sites is 1. The molecule has 0 aliphatic carbocycles. The first kappa shape index (κ1) is 22.7. The number of fused-ring (bicyclic) bond motifs is 1. The molecular weight excluding hydrogens is 438 g/mol. The van der Waals surface area contributed by atoms with Crippen LogP contribution < -0.4 is 29.7 Å². The van der Waals surface area contributed by atoms with Crippen molar-refractivity contribution in [1.29, 1.82) is 0 Å². The number of anilines is 1. The fourth-order valence-corrected chi connectivity index (χ4v) is 3.63. The molecule has 0 unspecified atom stereocenters. The fourth-order valence-electron chi connectivity index (χ4n) is 3.63. The molecule has 1 heterocycles. The number of hydrogen-bond donors (Lipinski definition) is 1. The van der Waals surface area contributed by atoms with Crippen LogP contribution in [0, 0.1) is 0 Å². The van der Waals surface area contributed by atoms with E-state index in [4.69, 9.17) is 23.4 Å². The first-order chi connectivity index (χ1) is 16.5. The van der Waals surface area contributed by atoms with Gasteiger partial charge in [0.05, 0.1) is 39.4 Å². The Hall–Kier alpha value is -4.46. The first-order valence-corrected chi connectivity index (χ1v) is 10.3. The van der Waals surface area contributed by atoms with Crippen molar-refractivity contribution < 1.29 is 28.2 Å². The van der Waals surface area contributed by atoms with Gasteiger partial charge in [-0.2, -0.15) is 0 Å². The van der Waals surface area contributed by atoms with Crippen LogP contribution in [0.1, 0.15) is 10.4 Å². The van der Waals surface area contributed by atoms with Gasteiger partial charge in [0, 0.05) is 23.4 Å². The molecule has 34 heavy (non-hydrogen) atoms. The Labute approximate surface area is 195 Å². The van der Waals surface area contributed by atoms with Gasteiger partial charge in [0.1, 0.15) is 17.1 Å². The van der Waals surface area contributed by atoms with Gasteiger partial charge in [-0.3, -0.25) is 9.59 Å². The smallest absolute Gasteiger partial charge is 0.255 e. The molecule has 0 radical (unpaired) electrons. The molecule has 0 aliphatic heterocycles. The number of benzene rings is 3. The SMILES string of the molecule is COc1ccccc1-c1cc(=O)c2ccc(NC(=O)c3cc(OC)c(OC)c(OC)c3)cc2o1. The summed E-state index contributed by atoms with van der Waals surface area (Å²) in [4.78, 5) is 25.7. The van der Waals surface area contributed by atoms with Crippen LogP contribution in [0.25, 0.3) is 22.3 Å². The Balaban J connectivity index is 1.71. The van der Waals surface area contributed by atoms with Gasteiger partial charge in [0.25, 0.3) is 5.91 Å². The molecule has 8 nitrogen and oxygen atoms in total. The minimum atomic E-state index is -0.401. The van der Waals surface area contributed by atoms with E-state index >= 15 is 0 Å². The molecule has 0 aliphatic rings. The summed E-state index contributed by atoms with van der Waals surface area (Å²) >= 11 is 0. The van der Waals surface area contributed by atoms with Crippen molar-refractivity contribution in [2.45, 2.75) is 0 Å². The van der Waals surface area contributed by atoms with Gasteiger partial charge in [-0.25, -0.2) is 0 Å². The Morgan fingerprint density at radius 1 is 0.794 bits per heavy atom. The van der Waals surface area contributed by atoms with E-state index < -0.39 is 5.91 Å². The molecule has 0 saturated heterocycles. The summed E-state index contributed by atoms with van der Waals surface area (Å²) in [5.41, 5.74) is 1.53. The highest BCUT2D eigenvalue weighted by Gasteiger charge is 2.18. The average Bonchev–Trinajstić information content (AvgIpc) is 2.87. The second kappa shape index (κ2) is 9.58. The molecule has 0 saturated carbocycles.